The van der Waals surface area contributed by atoms with Crippen LogP contribution in [-0.2, 0) is 11.3 Å². The molecule has 1 saturated heterocycles. The molecule has 2 aromatic heterocycles. The van der Waals surface area contributed by atoms with Crippen LogP contribution in [-0.4, -0.2) is 34.8 Å². The van der Waals surface area contributed by atoms with Gasteiger partial charge in [0.05, 0.1) is 6.54 Å². The Balaban J connectivity index is 1.30. The monoisotopic (exact) mass is 393 g/mol. The van der Waals surface area contributed by atoms with Gasteiger partial charge in [-0.05, 0) is 49.9 Å². The van der Waals surface area contributed by atoms with Gasteiger partial charge in [0.15, 0.2) is 0 Å². The van der Waals surface area contributed by atoms with Gasteiger partial charge in [0, 0.05) is 29.9 Å². The fourth-order valence-corrected chi connectivity index (χ4v) is 4.09. The van der Waals surface area contributed by atoms with Crippen LogP contribution in [0.4, 0.5) is 0 Å². The Morgan fingerprint density at radius 3 is 2.66 bits per heavy atom. The highest BCUT2D eigenvalue weighted by Gasteiger charge is 2.30. The quantitative estimate of drug-likeness (QED) is 0.691. The molecule has 4 rings (SSSR count). The van der Waals surface area contributed by atoms with E-state index in [0.717, 1.165) is 35.3 Å². The molecule has 1 aromatic carbocycles. The van der Waals surface area contributed by atoms with Gasteiger partial charge in [-0.25, -0.2) is 0 Å². The van der Waals surface area contributed by atoms with Crippen LogP contribution in [0.2, 0.25) is 0 Å². The third kappa shape index (κ3) is 4.21. The molecule has 3 aromatic rings. The highest BCUT2D eigenvalue weighted by atomic mass is 16.3. The highest BCUT2D eigenvalue weighted by molar-refractivity contribution is 5.98. The van der Waals surface area contributed by atoms with E-state index < -0.39 is 0 Å². The normalized spacial score (nSPS) is 16.1. The van der Waals surface area contributed by atoms with Crippen LogP contribution in [0.5, 0.6) is 0 Å². The largest absolute Gasteiger partial charge is 0.465 e. The number of hydrogen-bond acceptors (Lipinski definition) is 3. The van der Waals surface area contributed by atoms with Crippen LogP contribution in [0.25, 0.3) is 10.9 Å². The number of nitrogens with one attached hydrogen (secondary N) is 2. The number of amides is 2. The van der Waals surface area contributed by atoms with Crippen molar-refractivity contribution >= 4 is 22.7 Å². The Bertz CT molecular complexity index is 978. The van der Waals surface area contributed by atoms with Gasteiger partial charge < -0.3 is 19.6 Å². The Labute approximate surface area is 170 Å². The van der Waals surface area contributed by atoms with Crippen molar-refractivity contribution in [3.63, 3.8) is 0 Å². The van der Waals surface area contributed by atoms with Crippen LogP contribution in [0, 0.1) is 18.8 Å². The molecule has 3 heterocycles. The topological polar surface area (TPSA) is 78.3 Å². The molecular formula is C23H27N3O3. The first-order valence-corrected chi connectivity index (χ1v) is 10.2. The predicted octanol–water partition coefficient (Wildman–Crippen LogP) is 3.87. The molecule has 29 heavy (non-hydrogen) atoms. The molecule has 6 nitrogen and oxygen atoms in total. The number of furan rings is 1. The number of nitrogens with zero attached hydrogens (tertiary/aromatic N) is 1. The van der Waals surface area contributed by atoms with Crippen molar-refractivity contribution in [3.05, 3.63) is 59.7 Å². The zero-order valence-corrected chi connectivity index (χ0v) is 16.9. The van der Waals surface area contributed by atoms with Crippen molar-refractivity contribution in [1.82, 2.24) is 15.2 Å². The predicted molar refractivity (Wildman–Crippen MR) is 111 cm³/mol. The minimum atomic E-state index is -0.0867. The molecule has 1 atom stereocenters. The molecular weight excluding hydrogens is 366 g/mol. The van der Waals surface area contributed by atoms with Crippen molar-refractivity contribution in [2.24, 2.45) is 11.8 Å². The van der Waals surface area contributed by atoms with Crippen LogP contribution >= 0.6 is 0 Å². The Morgan fingerprint density at radius 2 is 1.97 bits per heavy atom. The summed E-state index contributed by atoms with van der Waals surface area (Å²) in [7, 11) is 0. The molecule has 1 aliphatic rings. The molecule has 6 heteroatoms. The van der Waals surface area contributed by atoms with Gasteiger partial charge in [-0.1, -0.05) is 25.1 Å². The number of carbonyl (C=O) groups is 2. The summed E-state index contributed by atoms with van der Waals surface area (Å²) in [6.07, 6.45) is 1.67. The molecule has 0 spiro atoms. The number of benzene rings is 1. The van der Waals surface area contributed by atoms with Crippen LogP contribution < -0.4 is 5.32 Å². The minimum absolute atomic E-state index is 0.0324. The first-order valence-electron chi connectivity index (χ1n) is 10.2. The lowest BCUT2D eigenvalue weighted by Crippen LogP contribution is -2.42. The third-order valence-electron chi connectivity index (χ3n) is 5.94. The van der Waals surface area contributed by atoms with E-state index in [1.54, 1.807) is 0 Å². The summed E-state index contributed by atoms with van der Waals surface area (Å²) >= 11 is 0. The van der Waals surface area contributed by atoms with E-state index in [1.165, 1.54) is 0 Å². The second-order valence-corrected chi connectivity index (χ2v) is 7.92. The highest BCUT2D eigenvalue weighted by Crippen LogP contribution is 2.26. The summed E-state index contributed by atoms with van der Waals surface area (Å²) in [5.41, 5.74) is 1.60. The molecule has 0 saturated carbocycles. The van der Waals surface area contributed by atoms with Gasteiger partial charge in [-0.2, -0.15) is 0 Å². The van der Waals surface area contributed by atoms with Gasteiger partial charge in [0.2, 0.25) is 5.91 Å². The maximum Gasteiger partial charge on any atom is 0.270 e. The summed E-state index contributed by atoms with van der Waals surface area (Å²) < 4.78 is 5.50. The molecule has 0 bridgehead atoms. The van der Waals surface area contributed by atoms with Crippen molar-refractivity contribution in [1.29, 1.82) is 0 Å². The molecule has 2 amide bonds. The number of piperidine rings is 1. The number of hydrogen-bond donors (Lipinski definition) is 2. The summed E-state index contributed by atoms with van der Waals surface area (Å²) in [5, 5.41) is 4.01. The SMILES string of the molecule is Cc1ccc(CNC(=O)[C@@H](C)C2CCN(C(=O)c3cc4ccccc4[nH]3)CC2)o1. The zero-order valence-electron chi connectivity index (χ0n) is 16.9. The van der Waals surface area contributed by atoms with Crippen molar-refractivity contribution in [3.8, 4) is 0 Å². The maximum absolute atomic E-state index is 12.8. The number of para-hydroxylation sites is 1. The first-order chi connectivity index (χ1) is 14.0. The lowest BCUT2D eigenvalue weighted by Gasteiger charge is -2.34. The first kappa shape index (κ1) is 19.3. The van der Waals surface area contributed by atoms with E-state index in [4.69, 9.17) is 4.42 Å². The number of likely N-dealkylation sites (tertiary alicyclic amines) is 1. The van der Waals surface area contributed by atoms with Gasteiger partial charge in [-0.3, -0.25) is 9.59 Å². The Morgan fingerprint density at radius 1 is 1.21 bits per heavy atom. The molecule has 1 fully saturated rings. The number of H-pyrrole nitrogens is 1. The average Bonchev–Trinajstić information content (AvgIpc) is 3.37. The van der Waals surface area contributed by atoms with E-state index >= 15 is 0 Å². The van der Waals surface area contributed by atoms with Crippen molar-refractivity contribution < 1.29 is 14.0 Å². The maximum atomic E-state index is 12.8. The molecule has 2 N–H and O–H groups in total. The summed E-state index contributed by atoms with van der Waals surface area (Å²) in [6.45, 7) is 5.62. The smallest absolute Gasteiger partial charge is 0.270 e. The molecule has 0 unspecified atom stereocenters. The number of aromatic amines is 1. The van der Waals surface area contributed by atoms with Crippen LogP contribution in [0.3, 0.4) is 0 Å². The summed E-state index contributed by atoms with van der Waals surface area (Å²) in [5.74, 6) is 1.87. The van der Waals surface area contributed by atoms with E-state index in [2.05, 4.69) is 10.3 Å². The lowest BCUT2D eigenvalue weighted by atomic mass is 9.84. The molecule has 0 aliphatic carbocycles. The standard InChI is InChI=1S/C23H27N3O3/c1-15-7-8-19(29-15)14-24-22(27)16(2)17-9-11-26(12-10-17)23(28)21-13-18-5-3-4-6-20(18)25-21/h3-8,13,16-17,25H,9-12,14H2,1-2H3,(H,24,27)/t16-/m0/s1. The number of aromatic nitrogens is 1. The fraction of sp³-hybridized carbons (Fsp3) is 0.391. The lowest BCUT2D eigenvalue weighted by molar-refractivity contribution is -0.126. The van der Waals surface area contributed by atoms with Crippen LogP contribution in [0.1, 0.15) is 41.8 Å². The molecule has 0 radical (unpaired) electrons. The molecule has 1 aliphatic heterocycles. The van der Waals surface area contributed by atoms with E-state index in [1.807, 2.05) is 61.2 Å². The minimum Gasteiger partial charge on any atom is -0.465 e. The Kier molecular flexibility index (Phi) is 5.43. The van der Waals surface area contributed by atoms with Gasteiger partial charge in [0.25, 0.3) is 5.91 Å². The number of aryl methyl sites for hydroxylation is 1. The van der Waals surface area contributed by atoms with E-state index in [0.29, 0.717) is 25.3 Å². The molecule has 152 valence electrons. The van der Waals surface area contributed by atoms with Gasteiger partial charge >= 0.3 is 0 Å². The third-order valence-corrected chi connectivity index (χ3v) is 5.94. The second kappa shape index (κ2) is 8.15. The fourth-order valence-electron chi connectivity index (χ4n) is 4.09. The van der Waals surface area contributed by atoms with Gasteiger partial charge in [0.1, 0.15) is 17.2 Å². The summed E-state index contributed by atoms with van der Waals surface area (Å²) in [6, 6.07) is 13.6. The number of carbonyl (C=O) groups excluding carboxylic acids is 2. The number of rotatable bonds is 5. The average molecular weight is 393 g/mol. The second-order valence-electron chi connectivity index (χ2n) is 7.92. The van der Waals surface area contributed by atoms with Crippen molar-refractivity contribution in [2.75, 3.05) is 13.1 Å². The van der Waals surface area contributed by atoms with Crippen LogP contribution in [0.15, 0.2) is 46.9 Å². The number of fused-ring (bicyclic) bond motifs is 1. The Hall–Kier alpha value is -3.02. The van der Waals surface area contributed by atoms with E-state index in [-0.39, 0.29) is 23.7 Å². The van der Waals surface area contributed by atoms with Gasteiger partial charge in [-0.15, -0.1) is 0 Å². The summed E-state index contributed by atoms with van der Waals surface area (Å²) in [4.78, 5) is 30.5. The zero-order chi connectivity index (χ0) is 20.4. The van der Waals surface area contributed by atoms with Crippen molar-refractivity contribution in [2.45, 2.75) is 33.2 Å². The van der Waals surface area contributed by atoms with E-state index in [9.17, 15) is 9.59 Å².